The highest BCUT2D eigenvalue weighted by atomic mass is 19.4. The highest BCUT2D eigenvalue weighted by molar-refractivity contribution is 5.26. The van der Waals surface area contributed by atoms with Crippen molar-refractivity contribution in [2.24, 2.45) is 5.92 Å². The van der Waals surface area contributed by atoms with Crippen molar-refractivity contribution in [1.82, 2.24) is 5.32 Å². The maximum atomic E-state index is 12.7. The van der Waals surface area contributed by atoms with Crippen LogP contribution in [0, 0.1) is 5.92 Å². The van der Waals surface area contributed by atoms with E-state index in [1.165, 1.54) is 31.4 Å². The first kappa shape index (κ1) is 13.0. The van der Waals surface area contributed by atoms with Crippen molar-refractivity contribution in [3.05, 3.63) is 35.4 Å². The molecule has 3 rings (SSSR count). The van der Waals surface area contributed by atoms with Crippen LogP contribution in [-0.4, -0.2) is 12.1 Å². The van der Waals surface area contributed by atoms with Crippen LogP contribution in [0.2, 0.25) is 0 Å². The Labute approximate surface area is 111 Å². The Kier molecular flexibility index (Phi) is 3.29. The lowest BCUT2D eigenvalue weighted by Crippen LogP contribution is -2.41. The summed E-state index contributed by atoms with van der Waals surface area (Å²) in [7, 11) is 0. The van der Waals surface area contributed by atoms with Crippen LogP contribution >= 0.6 is 0 Å². The molecule has 0 saturated carbocycles. The number of nitrogens with one attached hydrogen (secondary N) is 1. The molecule has 2 heterocycles. The van der Waals surface area contributed by atoms with Crippen LogP contribution in [0.4, 0.5) is 13.2 Å². The summed E-state index contributed by atoms with van der Waals surface area (Å²) in [6.45, 7) is 0. The van der Waals surface area contributed by atoms with Gasteiger partial charge in [0.2, 0.25) is 0 Å². The van der Waals surface area contributed by atoms with E-state index < -0.39 is 11.7 Å². The SMILES string of the molecule is FC(F)(F)c1cccc(CC2CCC3CCC2N3)c1. The van der Waals surface area contributed by atoms with E-state index >= 15 is 0 Å². The van der Waals surface area contributed by atoms with Crippen LogP contribution in [0.3, 0.4) is 0 Å². The Bertz CT molecular complexity index is 455. The largest absolute Gasteiger partial charge is 0.416 e. The third-order valence-corrected chi connectivity index (χ3v) is 4.48. The second-order valence-corrected chi connectivity index (χ2v) is 5.79. The molecule has 2 bridgehead atoms. The molecule has 1 N–H and O–H groups in total. The summed E-state index contributed by atoms with van der Waals surface area (Å²) >= 11 is 0. The number of halogens is 3. The summed E-state index contributed by atoms with van der Waals surface area (Å²) in [5.74, 6) is 0.488. The second-order valence-electron chi connectivity index (χ2n) is 5.79. The van der Waals surface area contributed by atoms with Gasteiger partial charge in [0.1, 0.15) is 0 Å². The standard InChI is InChI=1S/C15H18F3N/c16-15(17,18)12-3-1-2-10(9-12)8-11-4-5-13-6-7-14(11)19-13/h1-3,9,11,13-14,19H,4-8H2. The van der Waals surface area contributed by atoms with Crippen molar-refractivity contribution < 1.29 is 13.2 Å². The van der Waals surface area contributed by atoms with E-state index in [0.717, 1.165) is 24.5 Å². The van der Waals surface area contributed by atoms with Crippen LogP contribution < -0.4 is 5.32 Å². The molecule has 3 atom stereocenters. The normalized spacial score (nSPS) is 30.6. The fourth-order valence-electron chi connectivity index (χ4n) is 3.49. The van der Waals surface area contributed by atoms with E-state index in [-0.39, 0.29) is 0 Å². The molecule has 104 valence electrons. The smallest absolute Gasteiger partial charge is 0.311 e. The predicted octanol–water partition coefficient (Wildman–Crippen LogP) is 3.78. The third-order valence-electron chi connectivity index (χ3n) is 4.48. The molecule has 0 aromatic heterocycles. The van der Waals surface area contributed by atoms with E-state index in [1.807, 2.05) is 6.07 Å². The van der Waals surface area contributed by atoms with E-state index in [1.54, 1.807) is 0 Å². The summed E-state index contributed by atoms with van der Waals surface area (Å²) in [5, 5.41) is 3.58. The van der Waals surface area contributed by atoms with Crippen molar-refractivity contribution in [3.8, 4) is 0 Å². The van der Waals surface area contributed by atoms with Crippen molar-refractivity contribution >= 4 is 0 Å². The Morgan fingerprint density at radius 2 is 1.89 bits per heavy atom. The van der Waals surface area contributed by atoms with E-state index in [9.17, 15) is 13.2 Å². The minimum absolute atomic E-state index is 0.488. The van der Waals surface area contributed by atoms with Gasteiger partial charge >= 0.3 is 6.18 Å². The Hall–Kier alpha value is -1.03. The summed E-state index contributed by atoms with van der Waals surface area (Å²) in [4.78, 5) is 0. The van der Waals surface area contributed by atoms with Gasteiger partial charge in [0, 0.05) is 12.1 Å². The van der Waals surface area contributed by atoms with E-state index in [0.29, 0.717) is 18.0 Å². The monoisotopic (exact) mass is 269 g/mol. The second kappa shape index (κ2) is 4.82. The van der Waals surface area contributed by atoms with E-state index in [4.69, 9.17) is 0 Å². The fraction of sp³-hybridized carbons (Fsp3) is 0.600. The van der Waals surface area contributed by atoms with Gasteiger partial charge in [-0.25, -0.2) is 0 Å². The van der Waals surface area contributed by atoms with Gasteiger partial charge in [-0.1, -0.05) is 18.2 Å². The molecule has 2 aliphatic heterocycles. The molecule has 19 heavy (non-hydrogen) atoms. The van der Waals surface area contributed by atoms with Crippen LogP contribution in [-0.2, 0) is 12.6 Å². The molecular formula is C15H18F3N. The maximum absolute atomic E-state index is 12.7. The number of alkyl halides is 3. The van der Waals surface area contributed by atoms with Crippen molar-refractivity contribution in [2.45, 2.75) is 50.4 Å². The quantitative estimate of drug-likeness (QED) is 0.861. The fourth-order valence-corrected chi connectivity index (χ4v) is 3.49. The van der Waals surface area contributed by atoms with Crippen LogP contribution in [0.1, 0.15) is 36.8 Å². The number of hydrogen-bond acceptors (Lipinski definition) is 1. The molecule has 1 aromatic rings. The number of hydrogen-bond donors (Lipinski definition) is 1. The maximum Gasteiger partial charge on any atom is 0.416 e. The summed E-state index contributed by atoms with van der Waals surface area (Å²) in [6, 6.07) is 6.95. The first-order valence-electron chi connectivity index (χ1n) is 6.94. The minimum atomic E-state index is -4.24. The Balaban J connectivity index is 1.73. The molecule has 1 aromatic carbocycles. The molecule has 4 heteroatoms. The van der Waals surface area contributed by atoms with Crippen molar-refractivity contribution in [1.29, 1.82) is 0 Å². The number of piperidine rings is 1. The zero-order valence-electron chi connectivity index (χ0n) is 10.7. The van der Waals surface area contributed by atoms with Gasteiger partial charge in [0.25, 0.3) is 0 Å². The number of rotatable bonds is 2. The topological polar surface area (TPSA) is 12.0 Å². The molecule has 0 spiro atoms. The number of benzene rings is 1. The van der Waals surface area contributed by atoms with Gasteiger partial charge in [0.05, 0.1) is 5.56 Å². The molecule has 3 unspecified atom stereocenters. The van der Waals surface area contributed by atoms with Gasteiger partial charge in [0.15, 0.2) is 0 Å². The van der Waals surface area contributed by atoms with Gasteiger partial charge < -0.3 is 5.32 Å². The van der Waals surface area contributed by atoms with Gasteiger partial charge in [-0.05, 0) is 49.7 Å². The highest BCUT2D eigenvalue weighted by Gasteiger charge is 2.35. The molecule has 2 aliphatic rings. The molecule has 0 radical (unpaired) electrons. The molecule has 0 aliphatic carbocycles. The van der Waals surface area contributed by atoms with Crippen LogP contribution in [0.25, 0.3) is 0 Å². The molecule has 2 saturated heterocycles. The Morgan fingerprint density at radius 3 is 2.68 bits per heavy atom. The van der Waals surface area contributed by atoms with Crippen molar-refractivity contribution in [3.63, 3.8) is 0 Å². The Morgan fingerprint density at radius 1 is 1.11 bits per heavy atom. The van der Waals surface area contributed by atoms with Crippen LogP contribution in [0.5, 0.6) is 0 Å². The summed E-state index contributed by atoms with van der Waals surface area (Å²) in [5.41, 5.74) is 0.282. The van der Waals surface area contributed by atoms with Crippen molar-refractivity contribution in [2.75, 3.05) is 0 Å². The zero-order valence-corrected chi connectivity index (χ0v) is 10.7. The summed E-state index contributed by atoms with van der Waals surface area (Å²) in [6.07, 6.45) is 1.23. The minimum Gasteiger partial charge on any atom is -0.311 e. The summed E-state index contributed by atoms with van der Waals surface area (Å²) < 4.78 is 38.1. The third kappa shape index (κ3) is 2.78. The molecular weight excluding hydrogens is 251 g/mol. The van der Waals surface area contributed by atoms with Crippen LogP contribution in [0.15, 0.2) is 24.3 Å². The predicted molar refractivity (Wildman–Crippen MR) is 67.8 cm³/mol. The van der Waals surface area contributed by atoms with E-state index in [2.05, 4.69) is 5.32 Å². The number of fused-ring (bicyclic) bond motifs is 2. The average Bonchev–Trinajstić information content (AvgIpc) is 2.75. The zero-order chi connectivity index (χ0) is 13.5. The molecule has 0 amide bonds. The first-order valence-corrected chi connectivity index (χ1v) is 6.94. The van der Waals surface area contributed by atoms with Gasteiger partial charge in [-0.15, -0.1) is 0 Å². The lowest BCUT2D eigenvalue weighted by molar-refractivity contribution is -0.137. The lowest BCUT2D eigenvalue weighted by Gasteiger charge is -2.30. The molecule has 2 fully saturated rings. The lowest BCUT2D eigenvalue weighted by atomic mass is 9.86. The molecule has 1 nitrogen and oxygen atoms in total. The van der Waals surface area contributed by atoms with Gasteiger partial charge in [-0.2, -0.15) is 13.2 Å². The first-order chi connectivity index (χ1) is 9.02. The average molecular weight is 269 g/mol. The van der Waals surface area contributed by atoms with Gasteiger partial charge in [-0.3, -0.25) is 0 Å². The highest BCUT2D eigenvalue weighted by Crippen LogP contribution is 2.34.